The number of aryl methyl sites for hydroxylation is 1. The van der Waals surface area contributed by atoms with Crippen molar-refractivity contribution in [3.63, 3.8) is 0 Å². The fourth-order valence-corrected chi connectivity index (χ4v) is 5.17. The number of hydrogen-bond donors (Lipinski definition) is 0. The fourth-order valence-electron chi connectivity index (χ4n) is 4.22. The van der Waals surface area contributed by atoms with Gasteiger partial charge in [-0.05, 0) is 23.4 Å². The summed E-state index contributed by atoms with van der Waals surface area (Å²) < 4.78 is 1.66. The van der Waals surface area contributed by atoms with E-state index in [2.05, 4.69) is 44.1 Å². The van der Waals surface area contributed by atoms with Crippen LogP contribution in [0.5, 0.6) is 0 Å². The molecule has 2 aliphatic rings. The zero-order chi connectivity index (χ0) is 19.6. The van der Waals surface area contributed by atoms with Crippen LogP contribution >= 0.6 is 11.8 Å². The summed E-state index contributed by atoms with van der Waals surface area (Å²) in [5, 5.41) is 5.85. The molecule has 0 atom stereocenters. The first-order chi connectivity index (χ1) is 14.3. The van der Waals surface area contributed by atoms with Crippen LogP contribution in [0, 0.1) is 0 Å². The van der Waals surface area contributed by atoms with Crippen LogP contribution in [0.1, 0.15) is 11.3 Å². The van der Waals surface area contributed by atoms with E-state index in [9.17, 15) is 4.79 Å². The molecule has 0 amide bonds. The van der Waals surface area contributed by atoms with E-state index in [4.69, 9.17) is 0 Å². The quantitative estimate of drug-likeness (QED) is 0.662. The number of hydrogen-bond acceptors (Lipinski definition) is 6. The molecule has 0 spiro atoms. The van der Waals surface area contributed by atoms with Crippen LogP contribution in [0.4, 0.5) is 5.69 Å². The van der Waals surface area contributed by atoms with Crippen LogP contribution in [0.2, 0.25) is 0 Å². The third-order valence-electron chi connectivity index (χ3n) is 5.87. The summed E-state index contributed by atoms with van der Waals surface area (Å²) in [6, 6.07) is 12.2. The van der Waals surface area contributed by atoms with Crippen molar-refractivity contribution in [1.82, 2.24) is 19.7 Å². The van der Waals surface area contributed by atoms with Crippen molar-refractivity contribution in [3.8, 4) is 0 Å². The van der Waals surface area contributed by atoms with Gasteiger partial charge in [-0.1, -0.05) is 18.2 Å². The van der Waals surface area contributed by atoms with E-state index in [0.29, 0.717) is 6.54 Å². The topological polar surface area (TPSA) is 54.3 Å². The first-order valence-electron chi connectivity index (χ1n) is 10.3. The van der Waals surface area contributed by atoms with Gasteiger partial charge in [0.25, 0.3) is 5.56 Å². The molecule has 2 aromatic heterocycles. The molecule has 0 unspecified atom stereocenters. The number of anilines is 1. The lowest BCUT2D eigenvalue weighted by Gasteiger charge is -2.36. The highest BCUT2D eigenvalue weighted by molar-refractivity contribution is 7.98. The Morgan fingerprint density at radius 2 is 1.90 bits per heavy atom. The molecule has 29 heavy (non-hydrogen) atoms. The zero-order valence-corrected chi connectivity index (χ0v) is 17.3. The normalized spacial score (nSPS) is 17.4. The van der Waals surface area contributed by atoms with Crippen molar-refractivity contribution >= 4 is 28.4 Å². The minimum absolute atomic E-state index is 0.0353. The Bertz CT molecular complexity index is 1070. The first kappa shape index (κ1) is 18.6. The molecule has 0 N–H and O–H groups in total. The Hall–Kier alpha value is -2.38. The molecule has 7 heteroatoms. The molecule has 0 saturated carbocycles. The number of nitrogens with zero attached hydrogens (tertiary/aromatic N) is 5. The lowest BCUT2D eigenvalue weighted by molar-refractivity contribution is 0.242. The summed E-state index contributed by atoms with van der Waals surface area (Å²) in [4.78, 5) is 21.7. The molecular weight excluding hydrogens is 382 g/mol. The smallest absolute Gasteiger partial charge is 0.267 e. The van der Waals surface area contributed by atoms with Gasteiger partial charge in [0.2, 0.25) is 0 Å². The molecule has 1 aromatic carbocycles. The Balaban J connectivity index is 1.22. The van der Waals surface area contributed by atoms with Gasteiger partial charge in [-0.25, -0.2) is 4.68 Å². The van der Waals surface area contributed by atoms with E-state index in [1.165, 1.54) is 11.1 Å². The summed E-state index contributed by atoms with van der Waals surface area (Å²) in [5.41, 5.74) is 4.58. The molecule has 0 aliphatic carbocycles. The molecule has 0 radical (unpaired) electrons. The number of pyridine rings is 1. The summed E-state index contributed by atoms with van der Waals surface area (Å²) in [5.74, 6) is 2.02. The van der Waals surface area contributed by atoms with Gasteiger partial charge in [-0.2, -0.15) is 16.9 Å². The van der Waals surface area contributed by atoms with Crippen LogP contribution in [0.15, 0.2) is 47.4 Å². The SMILES string of the molecule is O=c1cc2c(nn1CCN1CCN(c3ccnc4ccccc34)CC1)CCSC2. The van der Waals surface area contributed by atoms with Crippen LogP contribution in [-0.4, -0.2) is 58.1 Å². The number of para-hydroxylation sites is 1. The maximum atomic E-state index is 12.4. The molecular formula is C22H25N5OS. The lowest BCUT2D eigenvalue weighted by atomic mass is 10.1. The van der Waals surface area contributed by atoms with Crippen molar-refractivity contribution in [2.45, 2.75) is 18.7 Å². The molecule has 1 fully saturated rings. The predicted octanol–water partition coefficient (Wildman–Crippen LogP) is 2.40. The zero-order valence-electron chi connectivity index (χ0n) is 16.5. The highest BCUT2D eigenvalue weighted by Crippen LogP contribution is 2.26. The monoisotopic (exact) mass is 407 g/mol. The molecule has 4 heterocycles. The van der Waals surface area contributed by atoms with Crippen LogP contribution in [0.25, 0.3) is 10.9 Å². The molecule has 6 nitrogen and oxygen atoms in total. The third kappa shape index (κ3) is 3.89. The largest absolute Gasteiger partial charge is 0.368 e. The van der Waals surface area contributed by atoms with Crippen molar-refractivity contribution in [2.75, 3.05) is 43.4 Å². The predicted molar refractivity (Wildman–Crippen MR) is 119 cm³/mol. The standard InChI is InChI=1S/C22H25N5OS/c28-22-15-17-16-29-14-6-19(17)24-27(22)13-10-25-8-11-26(12-9-25)21-5-7-23-20-4-2-1-3-18(20)21/h1-5,7,15H,6,8-14,16H2. The minimum atomic E-state index is 0.0353. The second-order valence-electron chi connectivity index (χ2n) is 7.66. The lowest BCUT2D eigenvalue weighted by Crippen LogP contribution is -2.47. The van der Waals surface area contributed by atoms with Gasteiger partial charge in [0.05, 0.1) is 17.8 Å². The van der Waals surface area contributed by atoms with Crippen molar-refractivity contribution in [1.29, 1.82) is 0 Å². The van der Waals surface area contributed by atoms with Crippen molar-refractivity contribution in [3.05, 3.63) is 64.2 Å². The molecule has 1 saturated heterocycles. The Labute approximate surface area is 174 Å². The van der Waals surface area contributed by atoms with Gasteiger partial charge in [0.1, 0.15) is 0 Å². The van der Waals surface area contributed by atoms with Crippen molar-refractivity contribution < 1.29 is 0 Å². The van der Waals surface area contributed by atoms with E-state index in [0.717, 1.165) is 67.4 Å². The number of rotatable bonds is 4. The van der Waals surface area contributed by atoms with Crippen LogP contribution in [-0.2, 0) is 18.7 Å². The van der Waals surface area contributed by atoms with E-state index in [1.54, 1.807) is 10.7 Å². The van der Waals surface area contributed by atoms with E-state index >= 15 is 0 Å². The number of piperazine rings is 1. The summed E-state index contributed by atoms with van der Waals surface area (Å²) in [7, 11) is 0. The summed E-state index contributed by atoms with van der Waals surface area (Å²) in [6.07, 6.45) is 2.87. The van der Waals surface area contributed by atoms with E-state index < -0.39 is 0 Å². The van der Waals surface area contributed by atoms with Gasteiger partial charge in [-0.15, -0.1) is 0 Å². The second-order valence-corrected chi connectivity index (χ2v) is 8.76. The van der Waals surface area contributed by atoms with Crippen LogP contribution in [0.3, 0.4) is 0 Å². The van der Waals surface area contributed by atoms with E-state index in [-0.39, 0.29) is 5.56 Å². The van der Waals surface area contributed by atoms with Gasteiger partial charge in [-0.3, -0.25) is 14.7 Å². The maximum Gasteiger partial charge on any atom is 0.267 e. The Kier molecular flexibility index (Phi) is 5.24. The van der Waals surface area contributed by atoms with Gasteiger partial charge in [0, 0.05) is 68.2 Å². The highest BCUT2D eigenvalue weighted by atomic mass is 32.2. The van der Waals surface area contributed by atoms with Gasteiger partial charge in [0.15, 0.2) is 0 Å². The first-order valence-corrected chi connectivity index (χ1v) is 11.4. The number of thioether (sulfide) groups is 1. The van der Waals surface area contributed by atoms with Gasteiger partial charge < -0.3 is 4.90 Å². The summed E-state index contributed by atoms with van der Waals surface area (Å²) in [6.45, 7) is 5.48. The maximum absolute atomic E-state index is 12.4. The molecule has 5 rings (SSSR count). The fraction of sp³-hybridized carbons (Fsp3) is 0.409. The van der Waals surface area contributed by atoms with Crippen LogP contribution < -0.4 is 10.5 Å². The molecule has 0 bridgehead atoms. The second kappa shape index (κ2) is 8.16. The molecule has 150 valence electrons. The number of aromatic nitrogens is 3. The molecule has 3 aromatic rings. The Morgan fingerprint density at radius 3 is 2.79 bits per heavy atom. The average molecular weight is 408 g/mol. The van der Waals surface area contributed by atoms with Gasteiger partial charge >= 0.3 is 0 Å². The van der Waals surface area contributed by atoms with Crippen molar-refractivity contribution in [2.24, 2.45) is 0 Å². The summed E-state index contributed by atoms with van der Waals surface area (Å²) >= 11 is 1.88. The average Bonchev–Trinajstić information content (AvgIpc) is 2.78. The van der Waals surface area contributed by atoms with E-state index in [1.807, 2.05) is 24.0 Å². The molecule has 2 aliphatic heterocycles. The third-order valence-corrected chi connectivity index (χ3v) is 6.88. The minimum Gasteiger partial charge on any atom is -0.368 e. The highest BCUT2D eigenvalue weighted by Gasteiger charge is 2.19. The number of fused-ring (bicyclic) bond motifs is 2. The number of benzene rings is 1. The Morgan fingerprint density at radius 1 is 1.03 bits per heavy atom.